The van der Waals surface area contributed by atoms with Gasteiger partial charge in [0, 0.05) is 17.9 Å². The van der Waals surface area contributed by atoms with E-state index in [1.165, 1.54) is 13.2 Å². The van der Waals surface area contributed by atoms with E-state index in [9.17, 15) is 8.42 Å². The Morgan fingerprint density at radius 2 is 1.91 bits per heavy atom. The number of aromatic amines is 1. The Bertz CT molecular complexity index is 939. The number of hydrogen-bond donors (Lipinski definition) is 1. The Morgan fingerprint density at radius 3 is 2.57 bits per heavy atom. The molecule has 9 heteroatoms. The second kappa shape index (κ2) is 5.76. The van der Waals surface area contributed by atoms with E-state index < -0.39 is 9.84 Å². The largest absolute Gasteiger partial charge is 0.481 e. The molecule has 0 spiro atoms. The minimum atomic E-state index is -3.49. The SMILES string of the molecule is COc1cccc(-c2cccc(S(C)(=O)=O)c2-c2nn[nH]n2)n1. The van der Waals surface area contributed by atoms with E-state index in [1.54, 1.807) is 30.3 Å². The maximum atomic E-state index is 12.1. The molecule has 0 fully saturated rings. The fourth-order valence-corrected chi connectivity index (χ4v) is 3.13. The Labute approximate surface area is 132 Å². The van der Waals surface area contributed by atoms with Crippen molar-refractivity contribution in [2.45, 2.75) is 4.90 Å². The van der Waals surface area contributed by atoms with Gasteiger partial charge in [0.05, 0.1) is 23.3 Å². The summed E-state index contributed by atoms with van der Waals surface area (Å²) in [5.41, 5.74) is 1.48. The van der Waals surface area contributed by atoms with Gasteiger partial charge in [-0.1, -0.05) is 18.2 Å². The molecule has 0 aliphatic heterocycles. The Morgan fingerprint density at radius 1 is 1.13 bits per heavy atom. The number of methoxy groups -OCH3 is 1. The molecule has 0 saturated heterocycles. The van der Waals surface area contributed by atoms with Gasteiger partial charge < -0.3 is 4.74 Å². The van der Waals surface area contributed by atoms with Gasteiger partial charge in [-0.2, -0.15) is 5.21 Å². The van der Waals surface area contributed by atoms with Crippen LogP contribution < -0.4 is 4.74 Å². The summed E-state index contributed by atoms with van der Waals surface area (Å²) in [6.45, 7) is 0. The van der Waals surface area contributed by atoms with Gasteiger partial charge in [-0.3, -0.25) is 0 Å². The van der Waals surface area contributed by atoms with E-state index in [-0.39, 0.29) is 10.7 Å². The first kappa shape index (κ1) is 15.1. The molecule has 3 rings (SSSR count). The molecule has 0 atom stereocenters. The fraction of sp³-hybridized carbons (Fsp3) is 0.143. The molecular weight excluding hydrogens is 318 g/mol. The second-order valence-electron chi connectivity index (χ2n) is 4.75. The van der Waals surface area contributed by atoms with Crippen LogP contribution in [0.2, 0.25) is 0 Å². The lowest BCUT2D eigenvalue weighted by atomic mass is 10.0. The molecule has 0 unspecified atom stereocenters. The van der Waals surface area contributed by atoms with Crippen LogP contribution >= 0.6 is 0 Å². The number of H-pyrrole nitrogens is 1. The van der Waals surface area contributed by atoms with Crippen molar-refractivity contribution in [3.63, 3.8) is 0 Å². The minimum Gasteiger partial charge on any atom is -0.481 e. The summed E-state index contributed by atoms with van der Waals surface area (Å²) in [5.74, 6) is 0.608. The molecule has 0 aliphatic carbocycles. The second-order valence-corrected chi connectivity index (χ2v) is 6.74. The van der Waals surface area contributed by atoms with Crippen LogP contribution in [0, 0.1) is 0 Å². The van der Waals surface area contributed by atoms with Crippen molar-refractivity contribution < 1.29 is 13.2 Å². The number of tetrazole rings is 1. The minimum absolute atomic E-state index is 0.112. The average Bonchev–Trinajstić information content (AvgIpc) is 3.07. The molecular formula is C14H13N5O3S. The topological polar surface area (TPSA) is 111 Å². The third kappa shape index (κ3) is 2.90. The Balaban J connectivity index is 2.33. The molecule has 1 aromatic carbocycles. The number of rotatable bonds is 4. The van der Waals surface area contributed by atoms with E-state index in [0.29, 0.717) is 22.7 Å². The third-order valence-corrected chi connectivity index (χ3v) is 4.34. The number of aromatic nitrogens is 5. The van der Waals surface area contributed by atoms with E-state index in [0.717, 1.165) is 6.26 Å². The summed E-state index contributed by atoms with van der Waals surface area (Å²) >= 11 is 0. The number of nitrogens with one attached hydrogen (secondary N) is 1. The smallest absolute Gasteiger partial charge is 0.213 e. The molecule has 0 radical (unpaired) electrons. The van der Waals surface area contributed by atoms with Crippen LogP contribution in [0.1, 0.15) is 0 Å². The summed E-state index contributed by atoms with van der Waals surface area (Å²) in [4.78, 5) is 4.46. The van der Waals surface area contributed by atoms with Gasteiger partial charge in [-0.05, 0) is 17.3 Å². The first-order chi connectivity index (χ1) is 11.0. The highest BCUT2D eigenvalue weighted by atomic mass is 32.2. The van der Waals surface area contributed by atoms with Crippen LogP contribution in [-0.4, -0.2) is 47.4 Å². The normalized spacial score (nSPS) is 11.4. The lowest BCUT2D eigenvalue weighted by molar-refractivity contribution is 0.398. The van der Waals surface area contributed by atoms with Crippen molar-refractivity contribution in [2.75, 3.05) is 13.4 Å². The highest BCUT2D eigenvalue weighted by molar-refractivity contribution is 7.90. The molecule has 23 heavy (non-hydrogen) atoms. The number of hydrogen-bond acceptors (Lipinski definition) is 7. The van der Waals surface area contributed by atoms with E-state index in [1.807, 2.05) is 0 Å². The zero-order valence-corrected chi connectivity index (χ0v) is 13.2. The van der Waals surface area contributed by atoms with Gasteiger partial charge in [0.2, 0.25) is 11.7 Å². The molecule has 3 aromatic rings. The van der Waals surface area contributed by atoms with Crippen LogP contribution in [-0.2, 0) is 9.84 Å². The van der Waals surface area contributed by atoms with Crippen LogP contribution in [0.25, 0.3) is 22.6 Å². The average molecular weight is 331 g/mol. The maximum absolute atomic E-state index is 12.1. The van der Waals surface area contributed by atoms with Crippen LogP contribution in [0.4, 0.5) is 0 Å². The number of pyridine rings is 1. The summed E-state index contributed by atoms with van der Waals surface area (Å²) in [6.07, 6.45) is 1.13. The highest BCUT2D eigenvalue weighted by Crippen LogP contribution is 2.34. The molecule has 0 aliphatic rings. The van der Waals surface area contributed by atoms with E-state index >= 15 is 0 Å². The van der Waals surface area contributed by atoms with E-state index in [4.69, 9.17) is 4.74 Å². The molecule has 2 heterocycles. The molecule has 8 nitrogen and oxygen atoms in total. The first-order valence-electron chi connectivity index (χ1n) is 6.59. The predicted octanol–water partition coefficient (Wildman–Crippen LogP) is 1.34. The van der Waals surface area contributed by atoms with Gasteiger partial charge >= 0.3 is 0 Å². The van der Waals surface area contributed by atoms with Crippen LogP contribution in [0.3, 0.4) is 0 Å². The lowest BCUT2D eigenvalue weighted by Gasteiger charge is -2.11. The zero-order chi connectivity index (χ0) is 16.4. The van der Waals surface area contributed by atoms with Gasteiger partial charge in [0.1, 0.15) is 0 Å². The standard InChI is InChI=1S/C14H13N5O3S/c1-22-12-8-4-6-10(15-12)9-5-3-7-11(23(2,20)21)13(9)14-16-18-19-17-14/h3-8H,1-2H3,(H,16,17,18,19). The fourth-order valence-electron chi connectivity index (χ4n) is 2.23. The summed E-state index contributed by atoms with van der Waals surface area (Å²) in [5, 5.41) is 13.7. The van der Waals surface area contributed by atoms with Gasteiger partial charge in [-0.15, -0.1) is 10.2 Å². The number of nitrogens with zero attached hydrogens (tertiary/aromatic N) is 4. The summed E-state index contributed by atoms with van der Waals surface area (Å²) in [7, 11) is -1.97. The van der Waals surface area contributed by atoms with Crippen molar-refractivity contribution in [1.82, 2.24) is 25.6 Å². The van der Waals surface area contributed by atoms with Gasteiger partial charge in [0.25, 0.3) is 0 Å². The van der Waals surface area contributed by atoms with Crippen molar-refractivity contribution in [2.24, 2.45) is 0 Å². The molecule has 0 amide bonds. The van der Waals surface area contributed by atoms with Gasteiger partial charge in [-0.25, -0.2) is 13.4 Å². The predicted molar refractivity (Wildman–Crippen MR) is 82.5 cm³/mol. The zero-order valence-electron chi connectivity index (χ0n) is 12.4. The Hall–Kier alpha value is -2.81. The molecule has 1 N–H and O–H groups in total. The maximum Gasteiger partial charge on any atom is 0.213 e. The van der Waals surface area contributed by atoms with Crippen molar-refractivity contribution in [3.8, 4) is 28.5 Å². The monoisotopic (exact) mass is 331 g/mol. The molecule has 2 aromatic heterocycles. The number of ether oxygens (including phenoxy) is 1. The Kier molecular flexibility index (Phi) is 3.78. The third-order valence-electron chi connectivity index (χ3n) is 3.20. The quantitative estimate of drug-likeness (QED) is 0.768. The van der Waals surface area contributed by atoms with Crippen LogP contribution in [0.5, 0.6) is 5.88 Å². The summed E-state index contributed by atoms with van der Waals surface area (Å²) in [6, 6.07) is 10.1. The molecule has 118 valence electrons. The van der Waals surface area contributed by atoms with Crippen molar-refractivity contribution >= 4 is 9.84 Å². The van der Waals surface area contributed by atoms with Crippen molar-refractivity contribution in [1.29, 1.82) is 0 Å². The molecule has 0 bridgehead atoms. The highest BCUT2D eigenvalue weighted by Gasteiger charge is 2.22. The van der Waals surface area contributed by atoms with E-state index in [2.05, 4.69) is 25.6 Å². The first-order valence-corrected chi connectivity index (χ1v) is 8.48. The van der Waals surface area contributed by atoms with Crippen molar-refractivity contribution in [3.05, 3.63) is 36.4 Å². The number of benzene rings is 1. The molecule has 0 saturated carbocycles. The van der Waals surface area contributed by atoms with Crippen LogP contribution in [0.15, 0.2) is 41.3 Å². The van der Waals surface area contributed by atoms with Gasteiger partial charge in [0.15, 0.2) is 9.84 Å². The summed E-state index contributed by atoms with van der Waals surface area (Å²) < 4.78 is 29.4. The number of sulfone groups is 1. The lowest BCUT2D eigenvalue weighted by Crippen LogP contribution is -2.03.